The Bertz CT molecular complexity index is 1370. The van der Waals surface area contributed by atoms with Crippen LogP contribution in [0.4, 0.5) is 11.4 Å². The number of nitrogens with one attached hydrogen (secondary N) is 2. The van der Waals surface area contributed by atoms with E-state index >= 15 is 0 Å². The van der Waals surface area contributed by atoms with Crippen LogP contribution in [0.2, 0.25) is 0 Å². The van der Waals surface area contributed by atoms with Crippen molar-refractivity contribution in [2.24, 2.45) is 0 Å². The lowest BCUT2D eigenvalue weighted by molar-refractivity contribution is -0.384. The van der Waals surface area contributed by atoms with Crippen LogP contribution in [0.15, 0.2) is 83.7 Å². The number of carbonyl (C=O) groups is 1. The predicted octanol–water partition coefficient (Wildman–Crippen LogP) is 4.57. The first-order valence-corrected chi connectivity index (χ1v) is 9.75. The molecule has 1 amide bonds. The van der Waals surface area contributed by atoms with E-state index in [-0.39, 0.29) is 16.9 Å². The number of amides is 1. The van der Waals surface area contributed by atoms with Gasteiger partial charge in [0.1, 0.15) is 5.56 Å². The third-order valence-corrected chi connectivity index (χ3v) is 5.00. The molecule has 0 radical (unpaired) electrons. The first-order chi connectivity index (χ1) is 15.5. The quantitative estimate of drug-likeness (QED) is 0.358. The number of nitrogens with zero attached hydrogens (tertiary/aromatic N) is 2. The fourth-order valence-corrected chi connectivity index (χ4v) is 3.40. The summed E-state index contributed by atoms with van der Waals surface area (Å²) in [7, 11) is 0. The monoisotopic (exact) mass is 426 g/mol. The van der Waals surface area contributed by atoms with Crippen molar-refractivity contribution in [3.63, 3.8) is 0 Å². The molecule has 0 atom stereocenters. The molecule has 158 valence electrons. The van der Waals surface area contributed by atoms with Crippen molar-refractivity contribution in [3.8, 4) is 22.4 Å². The summed E-state index contributed by atoms with van der Waals surface area (Å²) in [6.45, 7) is 1.71. The number of anilines is 1. The van der Waals surface area contributed by atoms with Crippen LogP contribution in [-0.4, -0.2) is 21.0 Å². The Kier molecular flexibility index (Phi) is 5.59. The summed E-state index contributed by atoms with van der Waals surface area (Å²) >= 11 is 0. The van der Waals surface area contributed by atoms with Crippen LogP contribution in [0.1, 0.15) is 15.9 Å². The molecule has 0 spiro atoms. The summed E-state index contributed by atoms with van der Waals surface area (Å²) in [5.74, 6) is -0.687. The smallest absolute Gasteiger partial charge is 0.277 e. The van der Waals surface area contributed by atoms with Gasteiger partial charge in [0.2, 0.25) is 0 Å². The van der Waals surface area contributed by atoms with Gasteiger partial charge in [-0.15, -0.1) is 0 Å². The molecular formula is C24H18N4O4. The number of carbonyl (C=O) groups excluding carboxylic acids is 1. The molecule has 0 aliphatic carbocycles. The molecule has 8 nitrogen and oxygen atoms in total. The fourth-order valence-electron chi connectivity index (χ4n) is 3.40. The van der Waals surface area contributed by atoms with E-state index in [2.05, 4.69) is 15.5 Å². The maximum absolute atomic E-state index is 13.3. The van der Waals surface area contributed by atoms with Gasteiger partial charge in [-0.05, 0) is 18.1 Å². The second-order valence-corrected chi connectivity index (χ2v) is 7.09. The average Bonchev–Trinajstić information content (AvgIpc) is 2.81. The summed E-state index contributed by atoms with van der Waals surface area (Å²) in [5, 5.41) is 20.4. The average molecular weight is 426 g/mol. The van der Waals surface area contributed by atoms with Crippen LogP contribution in [-0.2, 0) is 0 Å². The lowest BCUT2D eigenvalue weighted by Gasteiger charge is -2.14. The molecule has 2 N–H and O–H groups in total. The summed E-state index contributed by atoms with van der Waals surface area (Å²) in [6, 6.07) is 22.4. The van der Waals surface area contributed by atoms with Gasteiger partial charge in [0.25, 0.3) is 17.2 Å². The van der Waals surface area contributed by atoms with Crippen LogP contribution in [0.3, 0.4) is 0 Å². The first kappa shape index (κ1) is 20.7. The highest BCUT2D eigenvalue weighted by Gasteiger charge is 2.24. The molecule has 4 rings (SSSR count). The molecule has 0 saturated carbocycles. The van der Waals surface area contributed by atoms with Crippen molar-refractivity contribution in [2.75, 3.05) is 5.32 Å². The zero-order valence-electron chi connectivity index (χ0n) is 17.0. The topological polar surface area (TPSA) is 118 Å². The minimum atomic E-state index is -0.687. The number of nitro groups is 1. The number of aromatic amines is 1. The molecule has 0 fully saturated rings. The van der Waals surface area contributed by atoms with Gasteiger partial charge in [-0.2, -0.15) is 5.10 Å². The Morgan fingerprint density at radius 3 is 2.22 bits per heavy atom. The summed E-state index contributed by atoms with van der Waals surface area (Å²) in [5.41, 5.74) is 2.11. The van der Waals surface area contributed by atoms with Crippen LogP contribution in [0.25, 0.3) is 22.4 Å². The van der Waals surface area contributed by atoms with Gasteiger partial charge < -0.3 is 5.32 Å². The zero-order valence-corrected chi connectivity index (χ0v) is 17.0. The van der Waals surface area contributed by atoms with Crippen molar-refractivity contribution in [1.82, 2.24) is 10.2 Å². The minimum Gasteiger partial charge on any atom is -0.321 e. The Balaban J connectivity index is 1.89. The lowest BCUT2D eigenvalue weighted by Crippen LogP contribution is -2.26. The van der Waals surface area contributed by atoms with Crippen LogP contribution in [0, 0.1) is 17.0 Å². The highest BCUT2D eigenvalue weighted by molar-refractivity contribution is 6.10. The van der Waals surface area contributed by atoms with Crippen LogP contribution < -0.4 is 10.9 Å². The van der Waals surface area contributed by atoms with Crippen molar-refractivity contribution in [1.29, 1.82) is 0 Å². The molecule has 4 aromatic rings. The number of nitro benzene ring substituents is 1. The Morgan fingerprint density at radius 1 is 0.969 bits per heavy atom. The van der Waals surface area contributed by atoms with E-state index in [4.69, 9.17) is 0 Å². The van der Waals surface area contributed by atoms with Gasteiger partial charge in [-0.3, -0.25) is 19.7 Å². The second-order valence-electron chi connectivity index (χ2n) is 7.09. The number of H-pyrrole nitrogens is 1. The molecule has 0 saturated heterocycles. The number of benzene rings is 3. The minimum absolute atomic E-state index is 0.129. The van der Waals surface area contributed by atoms with E-state index in [9.17, 15) is 19.7 Å². The maximum Gasteiger partial charge on any atom is 0.277 e. The lowest BCUT2D eigenvalue weighted by atomic mass is 9.95. The van der Waals surface area contributed by atoms with Crippen LogP contribution in [0.5, 0.6) is 0 Å². The molecule has 8 heteroatoms. The van der Waals surface area contributed by atoms with E-state index in [1.165, 1.54) is 18.2 Å². The maximum atomic E-state index is 13.3. The van der Waals surface area contributed by atoms with Gasteiger partial charge in [0, 0.05) is 23.3 Å². The number of hydrogen-bond acceptors (Lipinski definition) is 5. The Hall–Kier alpha value is -4.59. The highest BCUT2D eigenvalue weighted by atomic mass is 16.6. The Labute approximate surface area is 182 Å². The number of non-ortho nitro benzene ring substituents is 1. The predicted molar refractivity (Wildman–Crippen MR) is 122 cm³/mol. The molecule has 0 unspecified atom stereocenters. The SMILES string of the molecule is Cc1ccc([N+](=O)[O-])cc1NC(=O)c1c(-c2ccccc2)c(-c2ccccc2)n[nH]c1=O. The third kappa shape index (κ3) is 4.01. The molecule has 0 aliphatic rings. The van der Waals surface area contributed by atoms with E-state index in [1.807, 2.05) is 36.4 Å². The van der Waals surface area contributed by atoms with Crippen LogP contribution >= 0.6 is 0 Å². The molecular weight excluding hydrogens is 408 g/mol. The van der Waals surface area contributed by atoms with Gasteiger partial charge in [0.15, 0.2) is 0 Å². The third-order valence-electron chi connectivity index (χ3n) is 5.00. The molecule has 0 bridgehead atoms. The number of hydrogen-bond donors (Lipinski definition) is 2. The summed E-state index contributed by atoms with van der Waals surface area (Å²) in [6.07, 6.45) is 0. The fraction of sp³-hybridized carbons (Fsp3) is 0.0417. The first-order valence-electron chi connectivity index (χ1n) is 9.75. The van der Waals surface area contributed by atoms with Gasteiger partial charge in [-0.25, -0.2) is 5.10 Å². The van der Waals surface area contributed by atoms with Gasteiger partial charge in [-0.1, -0.05) is 66.7 Å². The van der Waals surface area contributed by atoms with Crippen molar-refractivity contribution in [3.05, 3.63) is 110 Å². The normalized spacial score (nSPS) is 10.5. The highest BCUT2D eigenvalue weighted by Crippen LogP contribution is 2.32. The Morgan fingerprint density at radius 2 is 1.59 bits per heavy atom. The van der Waals surface area contributed by atoms with E-state index in [0.717, 1.165) is 5.56 Å². The zero-order chi connectivity index (χ0) is 22.7. The van der Waals surface area contributed by atoms with E-state index in [0.29, 0.717) is 22.4 Å². The van der Waals surface area contributed by atoms with Crippen molar-refractivity contribution < 1.29 is 9.72 Å². The molecule has 0 aliphatic heterocycles. The molecule has 3 aromatic carbocycles. The molecule has 1 aromatic heterocycles. The second kappa shape index (κ2) is 8.65. The summed E-state index contributed by atoms with van der Waals surface area (Å²) < 4.78 is 0. The molecule has 32 heavy (non-hydrogen) atoms. The number of aryl methyl sites for hydroxylation is 1. The summed E-state index contributed by atoms with van der Waals surface area (Å²) in [4.78, 5) is 36.7. The van der Waals surface area contributed by atoms with Gasteiger partial charge in [0.05, 0.1) is 16.3 Å². The van der Waals surface area contributed by atoms with Crippen molar-refractivity contribution >= 4 is 17.3 Å². The number of aromatic nitrogens is 2. The van der Waals surface area contributed by atoms with Gasteiger partial charge >= 0.3 is 0 Å². The largest absolute Gasteiger partial charge is 0.321 e. The van der Waals surface area contributed by atoms with E-state index in [1.54, 1.807) is 31.2 Å². The number of rotatable bonds is 5. The standard InChI is InChI=1S/C24H18N4O4/c1-15-12-13-18(28(31)32)14-19(15)25-23(29)21-20(16-8-4-2-5-9-16)22(26-27-24(21)30)17-10-6-3-7-11-17/h2-14H,1H3,(H,25,29)(H,27,30). The van der Waals surface area contributed by atoms with E-state index < -0.39 is 16.4 Å². The molecule has 1 heterocycles. The van der Waals surface area contributed by atoms with Crippen molar-refractivity contribution in [2.45, 2.75) is 6.92 Å².